The van der Waals surface area contributed by atoms with Crippen LogP contribution < -0.4 is 5.56 Å². The second-order valence-corrected chi connectivity index (χ2v) is 7.75. The van der Waals surface area contributed by atoms with Gasteiger partial charge >= 0.3 is 0 Å². The lowest BCUT2D eigenvalue weighted by Gasteiger charge is -2.31. The van der Waals surface area contributed by atoms with Gasteiger partial charge < -0.3 is 14.6 Å². The molecule has 0 atom stereocenters. The maximum Gasteiger partial charge on any atom is 0.255 e. The van der Waals surface area contributed by atoms with Crippen LogP contribution in [0.3, 0.4) is 0 Å². The summed E-state index contributed by atoms with van der Waals surface area (Å²) in [5.74, 6) is -0.143. The first kappa shape index (κ1) is 19.5. The van der Waals surface area contributed by atoms with Crippen LogP contribution in [0.1, 0.15) is 43.0 Å². The van der Waals surface area contributed by atoms with Gasteiger partial charge in [0.1, 0.15) is 0 Å². The number of aromatic nitrogens is 1. The Morgan fingerprint density at radius 3 is 2.74 bits per heavy atom. The van der Waals surface area contributed by atoms with E-state index >= 15 is 0 Å². The van der Waals surface area contributed by atoms with Crippen LogP contribution in [0.2, 0.25) is 0 Å². The van der Waals surface area contributed by atoms with E-state index in [1.807, 2.05) is 32.1 Å². The molecule has 1 saturated heterocycles. The molecule has 3 rings (SSSR count). The van der Waals surface area contributed by atoms with E-state index in [1.54, 1.807) is 18.1 Å². The summed E-state index contributed by atoms with van der Waals surface area (Å²) in [4.78, 5) is 29.8. The maximum atomic E-state index is 13.0. The first-order chi connectivity index (χ1) is 12.9. The normalized spacial score (nSPS) is 21.3. The van der Waals surface area contributed by atoms with Gasteiger partial charge in [0, 0.05) is 22.8 Å². The number of aryl methyl sites for hydroxylation is 2. The Morgan fingerprint density at radius 2 is 2.11 bits per heavy atom. The Morgan fingerprint density at radius 1 is 1.37 bits per heavy atom. The quantitative estimate of drug-likeness (QED) is 0.615. The lowest BCUT2D eigenvalue weighted by atomic mass is 9.95. The predicted octanol–water partition coefficient (Wildman–Crippen LogP) is 3.86. The molecular formula is C21H25ClN2O3. The summed E-state index contributed by atoms with van der Waals surface area (Å²) in [6, 6.07) is 1.92. The summed E-state index contributed by atoms with van der Waals surface area (Å²) in [6.07, 6.45) is 8.65. The van der Waals surface area contributed by atoms with Gasteiger partial charge in [-0.3, -0.25) is 9.59 Å². The number of hydrogen-bond donors (Lipinski definition) is 1. The first-order valence-electron chi connectivity index (χ1n) is 9.23. The number of piperidine rings is 1. The third kappa shape index (κ3) is 4.72. The highest BCUT2D eigenvalue weighted by atomic mass is 35.5. The van der Waals surface area contributed by atoms with Crippen LogP contribution in [0.15, 0.2) is 45.5 Å². The van der Waals surface area contributed by atoms with Gasteiger partial charge in [-0.1, -0.05) is 17.7 Å². The Kier molecular flexibility index (Phi) is 5.90. The predicted molar refractivity (Wildman–Crippen MR) is 106 cm³/mol. The van der Waals surface area contributed by atoms with Crippen molar-refractivity contribution in [2.45, 2.75) is 52.7 Å². The highest BCUT2D eigenvalue weighted by Gasteiger charge is 2.29. The molecule has 27 heavy (non-hydrogen) atoms. The van der Waals surface area contributed by atoms with Crippen LogP contribution in [0.5, 0.6) is 0 Å². The van der Waals surface area contributed by atoms with Crippen LogP contribution in [-0.4, -0.2) is 28.4 Å². The molecule has 2 fully saturated rings. The number of amides is 1. The number of nitrogens with one attached hydrogen (secondary N) is 1. The van der Waals surface area contributed by atoms with Crippen molar-refractivity contribution in [2.75, 3.05) is 6.54 Å². The molecule has 1 aromatic heterocycles. The molecule has 1 aromatic rings. The number of H-pyrrole nitrogens is 1. The van der Waals surface area contributed by atoms with Gasteiger partial charge in [-0.25, -0.2) is 0 Å². The summed E-state index contributed by atoms with van der Waals surface area (Å²) in [7, 11) is 0. The molecule has 1 amide bonds. The van der Waals surface area contributed by atoms with Crippen molar-refractivity contribution in [1.82, 2.24) is 9.88 Å². The molecular weight excluding hydrogens is 364 g/mol. The van der Waals surface area contributed by atoms with Crippen molar-refractivity contribution in [3.05, 3.63) is 67.8 Å². The lowest BCUT2D eigenvalue weighted by molar-refractivity contribution is -0.128. The van der Waals surface area contributed by atoms with Crippen LogP contribution in [0, 0.1) is 13.8 Å². The number of hydrogen-bond acceptors (Lipinski definition) is 3. The van der Waals surface area contributed by atoms with Gasteiger partial charge in [0.05, 0.1) is 24.5 Å². The monoisotopic (exact) mass is 388 g/mol. The number of aromatic amines is 1. The topological polar surface area (TPSA) is 62.4 Å². The molecule has 0 aromatic carbocycles. The average molecular weight is 389 g/mol. The molecule has 0 unspecified atom stereocenters. The van der Waals surface area contributed by atoms with E-state index in [9.17, 15) is 9.59 Å². The average Bonchev–Trinajstić information content (AvgIpc) is 3.40. The second-order valence-electron chi connectivity index (χ2n) is 7.18. The van der Waals surface area contributed by atoms with E-state index in [-0.39, 0.29) is 18.0 Å². The molecule has 0 radical (unpaired) electrons. The number of halogens is 1. The minimum atomic E-state index is -0.144. The summed E-state index contributed by atoms with van der Waals surface area (Å²) in [5, 5.41) is 0.460. The number of ether oxygens (including phenoxy) is 1. The number of carbonyl (C=O) groups is 1. The fourth-order valence-electron chi connectivity index (χ4n) is 3.25. The Hall–Kier alpha value is -2.27. The minimum absolute atomic E-state index is 0.143. The summed E-state index contributed by atoms with van der Waals surface area (Å²) >= 11 is 6.24. The standard InChI is InChI=1S/C21H25ClN2O3/c1-13-11-14(2)23-20(25)18(13)12-24-9-8-16(19(15(3)22)21(24)26)5-4-10-27-17-6-7-17/h4-5,10-11,17H,6-9,12H2,1-3H3,(H,23,25)/b10-4+,16-5-,19-15-. The molecule has 2 aliphatic rings. The van der Waals surface area contributed by atoms with Crippen molar-refractivity contribution in [2.24, 2.45) is 0 Å². The number of rotatable bonds is 5. The van der Waals surface area contributed by atoms with Gasteiger partial charge in [-0.05, 0) is 63.3 Å². The molecule has 6 heteroatoms. The highest BCUT2D eigenvalue weighted by molar-refractivity contribution is 6.32. The highest BCUT2D eigenvalue weighted by Crippen LogP contribution is 2.29. The van der Waals surface area contributed by atoms with E-state index in [0.29, 0.717) is 35.2 Å². The Bertz CT molecular complexity index is 887. The first-order valence-corrected chi connectivity index (χ1v) is 9.61. The summed E-state index contributed by atoms with van der Waals surface area (Å²) in [5.41, 5.74) is 3.59. The number of likely N-dealkylation sites (tertiary alicyclic amines) is 1. The molecule has 144 valence electrons. The summed E-state index contributed by atoms with van der Waals surface area (Å²) in [6.45, 7) is 6.29. The third-order valence-corrected chi connectivity index (χ3v) is 5.02. The fourth-order valence-corrected chi connectivity index (χ4v) is 3.45. The zero-order valence-corrected chi connectivity index (χ0v) is 16.7. The van der Waals surface area contributed by atoms with E-state index in [0.717, 1.165) is 29.7 Å². The SMILES string of the molecule is C/C(Cl)=C1/C(=O)N(Cc2c(C)cc(C)[nH]c2=O)CC/C1=C/C=C/OC1CC1. The van der Waals surface area contributed by atoms with Crippen molar-refractivity contribution in [1.29, 1.82) is 0 Å². The molecule has 0 spiro atoms. The molecule has 1 aliphatic carbocycles. The molecule has 1 saturated carbocycles. The van der Waals surface area contributed by atoms with Crippen molar-refractivity contribution in [3.63, 3.8) is 0 Å². The summed E-state index contributed by atoms with van der Waals surface area (Å²) < 4.78 is 5.49. The number of nitrogens with zero attached hydrogens (tertiary/aromatic N) is 1. The van der Waals surface area contributed by atoms with Gasteiger partial charge in [0.2, 0.25) is 0 Å². The smallest absolute Gasteiger partial charge is 0.255 e. The van der Waals surface area contributed by atoms with E-state index in [2.05, 4.69) is 4.98 Å². The van der Waals surface area contributed by atoms with Crippen molar-refractivity contribution >= 4 is 17.5 Å². The van der Waals surface area contributed by atoms with E-state index < -0.39 is 0 Å². The van der Waals surface area contributed by atoms with Crippen LogP contribution in [0.4, 0.5) is 0 Å². The van der Waals surface area contributed by atoms with Crippen molar-refractivity contribution in [3.8, 4) is 0 Å². The van der Waals surface area contributed by atoms with E-state index in [4.69, 9.17) is 16.3 Å². The third-order valence-electron chi connectivity index (χ3n) is 4.83. The maximum absolute atomic E-state index is 13.0. The van der Waals surface area contributed by atoms with Gasteiger partial charge in [-0.15, -0.1) is 0 Å². The molecule has 2 heterocycles. The zero-order valence-electron chi connectivity index (χ0n) is 16.0. The second kappa shape index (κ2) is 8.17. The minimum Gasteiger partial charge on any atom is -0.498 e. The molecule has 0 bridgehead atoms. The van der Waals surface area contributed by atoms with Crippen molar-refractivity contribution < 1.29 is 9.53 Å². The number of pyridine rings is 1. The number of allylic oxidation sites excluding steroid dienone is 3. The van der Waals surface area contributed by atoms with Gasteiger partial charge in [0.25, 0.3) is 11.5 Å². The zero-order chi connectivity index (χ0) is 19.6. The lowest BCUT2D eigenvalue weighted by Crippen LogP contribution is -2.39. The Balaban J connectivity index is 1.78. The van der Waals surface area contributed by atoms with Gasteiger partial charge in [0.15, 0.2) is 0 Å². The largest absolute Gasteiger partial charge is 0.498 e. The molecule has 5 nitrogen and oxygen atoms in total. The molecule has 1 aliphatic heterocycles. The fraction of sp³-hybridized carbons (Fsp3) is 0.429. The van der Waals surface area contributed by atoms with E-state index in [1.165, 1.54) is 0 Å². The van der Waals surface area contributed by atoms with Crippen LogP contribution >= 0.6 is 11.6 Å². The molecule has 1 N–H and O–H groups in total. The van der Waals surface area contributed by atoms with Crippen LogP contribution in [0.25, 0.3) is 0 Å². The van der Waals surface area contributed by atoms with Crippen LogP contribution in [-0.2, 0) is 16.1 Å². The number of carbonyl (C=O) groups excluding carboxylic acids is 1. The Labute approximate surface area is 164 Å². The van der Waals surface area contributed by atoms with Gasteiger partial charge in [-0.2, -0.15) is 0 Å².